The van der Waals surface area contributed by atoms with Gasteiger partial charge in [-0.1, -0.05) is 6.42 Å². The molecule has 1 aromatic heterocycles. The van der Waals surface area contributed by atoms with Gasteiger partial charge in [0.1, 0.15) is 6.61 Å². The second-order valence-corrected chi connectivity index (χ2v) is 7.46. The van der Waals surface area contributed by atoms with E-state index in [9.17, 15) is 4.79 Å². The predicted molar refractivity (Wildman–Crippen MR) is 103 cm³/mol. The van der Waals surface area contributed by atoms with Crippen LogP contribution in [0.5, 0.6) is 5.88 Å². The molecule has 0 bridgehead atoms. The second kappa shape index (κ2) is 9.07. The number of rotatable bonds is 7. The first-order chi connectivity index (χ1) is 12.6. The summed E-state index contributed by atoms with van der Waals surface area (Å²) in [6.07, 6.45) is 9.05. The van der Waals surface area contributed by atoms with Crippen LogP contribution in [0.4, 0.5) is 11.4 Å². The van der Waals surface area contributed by atoms with Crippen LogP contribution < -0.4 is 21.5 Å². The average Bonchev–Trinajstić information content (AvgIpc) is 2.65. The Morgan fingerprint density at radius 1 is 1.23 bits per heavy atom. The molecule has 0 atom stereocenters. The zero-order valence-corrected chi connectivity index (χ0v) is 15.5. The minimum absolute atomic E-state index is 0.0107. The number of ether oxygens (including phenoxy) is 1. The van der Waals surface area contributed by atoms with E-state index in [1.54, 1.807) is 6.20 Å². The highest BCUT2D eigenvalue weighted by atomic mass is 16.5. The molecule has 0 spiro atoms. The van der Waals surface area contributed by atoms with E-state index in [1.165, 1.54) is 32.4 Å². The number of likely N-dealkylation sites (tertiary alicyclic amines) is 1. The summed E-state index contributed by atoms with van der Waals surface area (Å²) in [7, 11) is 0. The molecule has 7 heteroatoms. The van der Waals surface area contributed by atoms with Gasteiger partial charge in [0.2, 0.25) is 11.8 Å². The van der Waals surface area contributed by atoms with Crippen molar-refractivity contribution in [3.8, 4) is 5.88 Å². The van der Waals surface area contributed by atoms with E-state index in [4.69, 9.17) is 16.2 Å². The van der Waals surface area contributed by atoms with Gasteiger partial charge < -0.3 is 21.5 Å². The van der Waals surface area contributed by atoms with Crippen LogP contribution in [-0.4, -0.2) is 48.1 Å². The predicted octanol–water partition coefficient (Wildman–Crippen LogP) is 1.98. The van der Waals surface area contributed by atoms with E-state index in [0.717, 1.165) is 37.9 Å². The lowest BCUT2D eigenvalue weighted by atomic mass is 9.85. The minimum Gasteiger partial charge on any atom is -0.476 e. The fraction of sp³-hybridized carbons (Fsp3) is 0.684. The van der Waals surface area contributed by atoms with Gasteiger partial charge in [0.15, 0.2) is 0 Å². The van der Waals surface area contributed by atoms with Crippen LogP contribution in [0.25, 0.3) is 0 Å². The zero-order chi connectivity index (χ0) is 18.4. The third-order valence-electron chi connectivity index (χ3n) is 5.51. The summed E-state index contributed by atoms with van der Waals surface area (Å²) < 4.78 is 5.83. The number of amides is 1. The molecule has 2 heterocycles. The van der Waals surface area contributed by atoms with E-state index in [-0.39, 0.29) is 11.8 Å². The van der Waals surface area contributed by atoms with Crippen LogP contribution in [0.15, 0.2) is 12.3 Å². The Morgan fingerprint density at radius 2 is 1.96 bits per heavy atom. The Labute approximate surface area is 155 Å². The Balaban J connectivity index is 1.48. The summed E-state index contributed by atoms with van der Waals surface area (Å²) in [5, 5.41) is 3.48. The van der Waals surface area contributed by atoms with Crippen molar-refractivity contribution in [2.75, 3.05) is 37.3 Å². The van der Waals surface area contributed by atoms with Gasteiger partial charge in [0.05, 0.1) is 17.6 Å². The molecule has 1 aliphatic carbocycles. The molecule has 0 unspecified atom stereocenters. The molecule has 3 rings (SSSR count). The number of nitrogens with two attached hydrogens (primary N) is 2. The normalized spacial score (nSPS) is 24.2. The molecule has 2 aliphatic rings. The lowest BCUT2D eigenvalue weighted by molar-refractivity contribution is -0.122. The number of hydrogen-bond donors (Lipinski definition) is 3. The molecule has 1 amide bonds. The largest absolute Gasteiger partial charge is 0.476 e. The topological polar surface area (TPSA) is 106 Å². The number of carbonyl (C=O) groups excluding carboxylic acids is 1. The van der Waals surface area contributed by atoms with Crippen molar-refractivity contribution in [2.24, 2.45) is 11.7 Å². The molecule has 1 aromatic rings. The van der Waals surface area contributed by atoms with Crippen molar-refractivity contribution in [3.05, 3.63) is 12.3 Å². The average molecular weight is 361 g/mol. The minimum atomic E-state index is -0.184. The number of piperidine rings is 1. The molecular weight excluding hydrogens is 330 g/mol. The number of carbonyl (C=O) groups is 1. The molecule has 1 saturated carbocycles. The summed E-state index contributed by atoms with van der Waals surface area (Å²) in [5.74, 6) is 0.428. The van der Waals surface area contributed by atoms with Gasteiger partial charge in [0, 0.05) is 24.6 Å². The number of nitrogens with zero attached hydrogens (tertiary/aromatic N) is 2. The number of anilines is 2. The SMILES string of the molecule is NC(=O)C1CCC(Nc2cc(OCCN3CCCCC3)ncc2N)CC1. The molecule has 7 nitrogen and oxygen atoms in total. The van der Waals surface area contributed by atoms with E-state index >= 15 is 0 Å². The third kappa shape index (κ3) is 5.24. The maximum atomic E-state index is 11.3. The third-order valence-corrected chi connectivity index (χ3v) is 5.51. The summed E-state index contributed by atoms with van der Waals surface area (Å²) in [4.78, 5) is 18.0. The number of hydrogen-bond acceptors (Lipinski definition) is 6. The maximum Gasteiger partial charge on any atom is 0.220 e. The highest BCUT2D eigenvalue weighted by Gasteiger charge is 2.25. The van der Waals surface area contributed by atoms with Crippen molar-refractivity contribution < 1.29 is 9.53 Å². The van der Waals surface area contributed by atoms with E-state index in [2.05, 4.69) is 15.2 Å². The molecule has 1 saturated heterocycles. The lowest BCUT2D eigenvalue weighted by Gasteiger charge is -2.28. The molecule has 26 heavy (non-hydrogen) atoms. The standard InChI is InChI=1S/C19H31N5O2/c20-16-13-22-18(26-11-10-24-8-2-1-3-9-24)12-17(16)23-15-6-4-14(5-7-15)19(21)25/h12-15H,1-11,20H2,(H2,21,25)(H,22,23). The van der Waals surface area contributed by atoms with Gasteiger partial charge in [-0.3, -0.25) is 9.69 Å². The number of nitrogens with one attached hydrogen (secondary N) is 1. The van der Waals surface area contributed by atoms with Gasteiger partial charge >= 0.3 is 0 Å². The molecule has 1 aliphatic heterocycles. The molecule has 144 valence electrons. The quantitative estimate of drug-likeness (QED) is 0.686. The highest BCUT2D eigenvalue weighted by molar-refractivity contribution is 5.76. The zero-order valence-electron chi connectivity index (χ0n) is 15.5. The number of pyridine rings is 1. The van der Waals surface area contributed by atoms with Crippen LogP contribution >= 0.6 is 0 Å². The van der Waals surface area contributed by atoms with Crippen molar-refractivity contribution in [1.82, 2.24) is 9.88 Å². The van der Waals surface area contributed by atoms with E-state index < -0.39 is 0 Å². The lowest BCUT2D eigenvalue weighted by Crippen LogP contribution is -2.33. The van der Waals surface area contributed by atoms with Gasteiger partial charge in [-0.2, -0.15) is 0 Å². The summed E-state index contributed by atoms with van der Waals surface area (Å²) in [6, 6.07) is 2.18. The van der Waals surface area contributed by atoms with E-state index in [0.29, 0.717) is 24.2 Å². The maximum absolute atomic E-state index is 11.3. The van der Waals surface area contributed by atoms with Crippen molar-refractivity contribution >= 4 is 17.3 Å². The summed E-state index contributed by atoms with van der Waals surface area (Å²) in [5.41, 5.74) is 12.9. The molecule has 0 aromatic carbocycles. The van der Waals surface area contributed by atoms with Crippen LogP contribution in [0, 0.1) is 5.92 Å². The van der Waals surface area contributed by atoms with Gasteiger partial charge in [-0.15, -0.1) is 0 Å². The molecular formula is C19H31N5O2. The van der Waals surface area contributed by atoms with Crippen LogP contribution in [-0.2, 0) is 4.79 Å². The number of aromatic nitrogens is 1. The summed E-state index contributed by atoms with van der Waals surface area (Å²) in [6.45, 7) is 3.91. The highest BCUT2D eigenvalue weighted by Crippen LogP contribution is 2.29. The van der Waals surface area contributed by atoms with Crippen LogP contribution in [0.3, 0.4) is 0 Å². The fourth-order valence-electron chi connectivity index (χ4n) is 3.86. The van der Waals surface area contributed by atoms with Crippen LogP contribution in [0.1, 0.15) is 44.9 Å². The first-order valence-electron chi connectivity index (χ1n) is 9.78. The Morgan fingerprint density at radius 3 is 2.65 bits per heavy atom. The molecule has 0 radical (unpaired) electrons. The monoisotopic (exact) mass is 361 g/mol. The second-order valence-electron chi connectivity index (χ2n) is 7.46. The Kier molecular flexibility index (Phi) is 6.55. The van der Waals surface area contributed by atoms with Crippen molar-refractivity contribution in [1.29, 1.82) is 0 Å². The van der Waals surface area contributed by atoms with E-state index in [1.807, 2.05) is 6.07 Å². The van der Waals surface area contributed by atoms with Gasteiger partial charge in [-0.05, 0) is 51.6 Å². The van der Waals surface area contributed by atoms with Gasteiger partial charge in [0.25, 0.3) is 0 Å². The molecule has 5 N–H and O–H groups in total. The Bertz CT molecular complexity index is 596. The number of primary amides is 1. The van der Waals surface area contributed by atoms with Crippen LogP contribution in [0.2, 0.25) is 0 Å². The fourth-order valence-corrected chi connectivity index (χ4v) is 3.86. The number of nitrogen functional groups attached to an aromatic ring is 1. The molecule has 2 fully saturated rings. The first-order valence-corrected chi connectivity index (χ1v) is 9.78. The van der Waals surface area contributed by atoms with Gasteiger partial charge in [-0.25, -0.2) is 4.98 Å². The Hall–Kier alpha value is -2.02. The van der Waals surface area contributed by atoms with Crippen molar-refractivity contribution in [3.63, 3.8) is 0 Å². The smallest absolute Gasteiger partial charge is 0.220 e. The summed E-state index contributed by atoms with van der Waals surface area (Å²) >= 11 is 0. The van der Waals surface area contributed by atoms with Crippen molar-refractivity contribution in [2.45, 2.75) is 51.0 Å². The first kappa shape index (κ1) is 18.8.